The summed E-state index contributed by atoms with van der Waals surface area (Å²) in [5, 5.41) is 8.81. The fourth-order valence-corrected chi connectivity index (χ4v) is 1.48. The van der Waals surface area contributed by atoms with E-state index in [4.69, 9.17) is 5.11 Å². The Balaban J connectivity index is 2.54. The summed E-state index contributed by atoms with van der Waals surface area (Å²) in [5.74, 6) is -1.70. The third-order valence-electron chi connectivity index (χ3n) is 2.39. The molecule has 0 amide bonds. The highest BCUT2D eigenvalue weighted by Gasteiger charge is 2.11. The first kappa shape index (κ1) is 11.3. The Morgan fingerprint density at radius 1 is 1.18 bits per heavy atom. The van der Waals surface area contributed by atoms with Crippen molar-refractivity contribution in [3.8, 4) is 11.3 Å². The normalized spacial score (nSPS) is 10.2. The van der Waals surface area contributed by atoms with Gasteiger partial charge in [0.2, 0.25) is 0 Å². The fraction of sp³-hybridized carbons (Fsp3) is 0.0769. The number of pyridine rings is 1. The van der Waals surface area contributed by atoms with Crippen LogP contribution in [-0.2, 0) is 0 Å². The predicted molar refractivity (Wildman–Crippen MR) is 61.3 cm³/mol. The summed E-state index contributed by atoms with van der Waals surface area (Å²) in [6.45, 7) is 1.92. The highest BCUT2D eigenvalue weighted by Crippen LogP contribution is 2.21. The van der Waals surface area contributed by atoms with Gasteiger partial charge in [-0.25, -0.2) is 14.2 Å². The van der Waals surface area contributed by atoms with Crippen molar-refractivity contribution in [3.05, 3.63) is 53.5 Å². The van der Waals surface area contributed by atoms with Gasteiger partial charge in [-0.2, -0.15) is 0 Å². The predicted octanol–water partition coefficient (Wildman–Crippen LogP) is 2.89. The average molecular weight is 231 g/mol. The molecule has 86 valence electrons. The summed E-state index contributed by atoms with van der Waals surface area (Å²) in [7, 11) is 0. The molecule has 0 bridgehead atoms. The van der Waals surface area contributed by atoms with E-state index in [2.05, 4.69) is 4.98 Å². The molecule has 0 radical (unpaired) electrons. The number of hydrogen-bond acceptors (Lipinski definition) is 2. The van der Waals surface area contributed by atoms with Gasteiger partial charge >= 0.3 is 5.97 Å². The van der Waals surface area contributed by atoms with E-state index in [0.717, 1.165) is 17.7 Å². The standard InChI is InChI=1S/C13H10FNO2/c1-8-2-4-9(5-3-8)12-10(14)6-7-11(15-12)13(16)17/h2-7H,1H3,(H,16,17). The molecule has 0 aliphatic rings. The molecular weight excluding hydrogens is 221 g/mol. The molecule has 2 rings (SSSR count). The first-order valence-electron chi connectivity index (χ1n) is 5.05. The molecule has 1 aromatic heterocycles. The van der Waals surface area contributed by atoms with Gasteiger partial charge in [0.05, 0.1) is 0 Å². The lowest BCUT2D eigenvalue weighted by molar-refractivity contribution is 0.0690. The summed E-state index contributed by atoms with van der Waals surface area (Å²) in [5.41, 5.74) is 1.51. The first-order valence-corrected chi connectivity index (χ1v) is 5.05. The van der Waals surface area contributed by atoms with Crippen LogP contribution in [0.4, 0.5) is 4.39 Å². The van der Waals surface area contributed by atoms with E-state index in [9.17, 15) is 9.18 Å². The second-order valence-corrected chi connectivity index (χ2v) is 3.70. The second kappa shape index (κ2) is 4.33. The van der Waals surface area contributed by atoms with Crippen molar-refractivity contribution in [2.24, 2.45) is 0 Å². The Morgan fingerprint density at radius 3 is 2.41 bits per heavy atom. The summed E-state index contributed by atoms with van der Waals surface area (Å²) >= 11 is 0. The van der Waals surface area contributed by atoms with Gasteiger partial charge in [-0.1, -0.05) is 29.8 Å². The van der Waals surface area contributed by atoms with Crippen LogP contribution >= 0.6 is 0 Å². The van der Waals surface area contributed by atoms with Crippen LogP contribution in [0.3, 0.4) is 0 Å². The van der Waals surface area contributed by atoms with Gasteiger partial charge in [0.15, 0.2) is 0 Å². The number of carboxylic acid groups (broad SMARTS) is 1. The minimum absolute atomic E-state index is 0.0601. The number of aromatic nitrogens is 1. The zero-order valence-corrected chi connectivity index (χ0v) is 9.14. The van der Waals surface area contributed by atoms with E-state index in [0.29, 0.717) is 5.56 Å². The Kier molecular flexibility index (Phi) is 2.87. The lowest BCUT2D eigenvalue weighted by Crippen LogP contribution is -2.02. The SMILES string of the molecule is Cc1ccc(-c2nc(C(=O)O)ccc2F)cc1. The molecule has 2 aromatic rings. The molecule has 0 atom stereocenters. The summed E-state index contributed by atoms with van der Waals surface area (Å²) in [6.07, 6.45) is 0. The molecule has 0 unspecified atom stereocenters. The third kappa shape index (κ3) is 2.30. The van der Waals surface area contributed by atoms with E-state index in [-0.39, 0.29) is 11.4 Å². The Labute approximate surface area is 97.6 Å². The fourth-order valence-electron chi connectivity index (χ4n) is 1.48. The highest BCUT2D eigenvalue weighted by atomic mass is 19.1. The topological polar surface area (TPSA) is 50.2 Å². The largest absolute Gasteiger partial charge is 0.477 e. The highest BCUT2D eigenvalue weighted by molar-refractivity contribution is 5.86. The van der Waals surface area contributed by atoms with Crippen molar-refractivity contribution in [1.29, 1.82) is 0 Å². The van der Waals surface area contributed by atoms with E-state index >= 15 is 0 Å². The monoisotopic (exact) mass is 231 g/mol. The Hall–Kier alpha value is -2.23. The molecule has 4 heteroatoms. The molecular formula is C13H10FNO2. The lowest BCUT2D eigenvalue weighted by atomic mass is 10.1. The van der Waals surface area contributed by atoms with E-state index < -0.39 is 11.8 Å². The maximum Gasteiger partial charge on any atom is 0.354 e. The smallest absolute Gasteiger partial charge is 0.354 e. The lowest BCUT2D eigenvalue weighted by Gasteiger charge is -2.04. The van der Waals surface area contributed by atoms with Crippen LogP contribution in [0.15, 0.2) is 36.4 Å². The van der Waals surface area contributed by atoms with Crippen LogP contribution in [-0.4, -0.2) is 16.1 Å². The van der Waals surface area contributed by atoms with Gasteiger partial charge < -0.3 is 5.11 Å². The Bertz CT molecular complexity index is 564. The first-order chi connectivity index (χ1) is 8.08. The number of aromatic carboxylic acids is 1. The molecule has 3 nitrogen and oxygen atoms in total. The van der Waals surface area contributed by atoms with Gasteiger partial charge in [-0.3, -0.25) is 0 Å². The molecule has 0 aliphatic carbocycles. The van der Waals surface area contributed by atoms with Crippen molar-refractivity contribution in [2.75, 3.05) is 0 Å². The number of halogens is 1. The molecule has 1 aromatic carbocycles. The number of hydrogen-bond donors (Lipinski definition) is 1. The van der Waals surface area contributed by atoms with Crippen molar-refractivity contribution in [1.82, 2.24) is 4.98 Å². The molecule has 0 saturated carbocycles. The number of rotatable bonds is 2. The van der Waals surface area contributed by atoms with Gasteiger partial charge in [0.25, 0.3) is 0 Å². The van der Waals surface area contributed by atoms with Crippen LogP contribution < -0.4 is 0 Å². The zero-order valence-electron chi connectivity index (χ0n) is 9.14. The number of carbonyl (C=O) groups is 1. The van der Waals surface area contributed by atoms with Gasteiger partial charge in [0, 0.05) is 5.56 Å². The number of carboxylic acids is 1. The number of nitrogens with zero attached hydrogens (tertiary/aromatic N) is 1. The van der Waals surface area contributed by atoms with Gasteiger partial charge in [-0.05, 0) is 19.1 Å². The summed E-state index contributed by atoms with van der Waals surface area (Å²) in [4.78, 5) is 14.6. The second-order valence-electron chi connectivity index (χ2n) is 3.70. The number of benzene rings is 1. The maximum atomic E-state index is 13.6. The van der Waals surface area contributed by atoms with Gasteiger partial charge in [0.1, 0.15) is 17.2 Å². The average Bonchev–Trinajstić information content (AvgIpc) is 2.31. The van der Waals surface area contributed by atoms with Crippen LogP contribution in [0, 0.1) is 12.7 Å². The van der Waals surface area contributed by atoms with Crippen molar-refractivity contribution in [3.63, 3.8) is 0 Å². The zero-order chi connectivity index (χ0) is 12.4. The van der Waals surface area contributed by atoms with Crippen molar-refractivity contribution in [2.45, 2.75) is 6.92 Å². The van der Waals surface area contributed by atoms with Gasteiger partial charge in [-0.15, -0.1) is 0 Å². The molecule has 1 heterocycles. The van der Waals surface area contributed by atoms with E-state index in [1.807, 2.05) is 19.1 Å². The minimum Gasteiger partial charge on any atom is -0.477 e. The van der Waals surface area contributed by atoms with Crippen LogP contribution in [0.5, 0.6) is 0 Å². The molecule has 0 spiro atoms. The summed E-state index contributed by atoms with van der Waals surface area (Å²) < 4.78 is 13.6. The maximum absolute atomic E-state index is 13.6. The van der Waals surface area contributed by atoms with Crippen molar-refractivity contribution >= 4 is 5.97 Å². The molecule has 0 fully saturated rings. The van der Waals surface area contributed by atoms with Crippen LogP contribution in [0.2, 0.25) is 0 Å². The minimum atomic E-state index is -1.17. The Morgan fingerprint density at radius 2 is 1.82 bits per heavy atom. The summed E-state index contributed by atoms with van der Waals surface area (Å²) in [6, 6.07) is 9.34. The van der Waals surface area contributed by atoms with Crippen LogP contribution in [0.1, 0.15) is 16.1 Å². The molecule has 0 aliphatic heterocycles. The number of aryl methyl sites for hydroxylation is 1. The third-order valence-corrected chi connectivity index (χ3v) is 2.39. The molecule has 17 heavy (non-hydrogen) atoms. The quantitative estimate of drug-likeness (QED) is 0.864. The molecule has 1 N–H and O–H groups in total. The van der Waals surface area contributed by atoms with E-state index in [1.165, 1.54) is 0 Å². The molecule has 0 saturated heterocycles. The van der Waals surface area contributed by atoms with Crippen LogP contribution in [0.25, 0.3) is 11.3 Å². The van der Waals surface area contributed by atoms with E-state index in [1.54, 1.807) is 12.1 Å². The van der Waals surface area contributed by atoms with Crippen molar-refractivity contribution < 1.29 is 14.3 Å².